The smallest absolute Gasteiger partial charge is 0.161 e. The summed E-state index contributed by atoms with van der Waals surface area (Å²) in [4.78, 5) is 10.8. The molecule has 0 aliphatic heterocycles. The van der Waals surface area contributed by atoms with Crippen molar-refractivity contribution in [2.24, 2.45) is 0 Å². The number of benzene rings is 1. The molecule has 0 heterocycles. The van der Waals surface area contributed by atoms with Gasteiger partial charge in [-0.3, -0.25) is 0 Å². The first-order valence-corrected chi connectivity index (χ1v) is 6.03. The second-order valence-corrected chi connectivity index (χ2v) is 3.86. The molecule has 0 saturated heterocycles. The summed E-state index contributed by atoms with van der Waals surface area (Å²) in [7, 11) is 0. The van der Waals surface area contributed by atoms with Gasteiger partial charge in [-0.2, -0.15) is 0 Å². The zero-order chi connectivity index (χ0) is 13.5. The zero-order valence-electron chi connectivity index (χ0n) is 10.8. The molecule has 0 unspecified atom stereocenters. The molecule has 0 fully saturated rings. The van der Waals surface area contributed by atoms with Gasteiger partial charge in [0.1, 0.15) is 5.97 Å². The summed E-state index contributed by atoms with van der Waals surface area (Å²) in [5.41, 5.74) is 4.09. The van der Waals surface area contributed by atoms with Crippen molar-refractivity contribution in [3.8, 4) is 11.5 Å². The van der Waals surface area contributed by atoms with Gasteiger partial charge in [0.25, 0.3) is 0 Å². The van der Waals surface area contributed by atoms with Crippen LogP contribution in [0, 0.1) is 0 Å². The number of ether oxygens (including phenoxy) is 2. The maximum Gasteiger partial charge on any atom is 0.161 e. The molecule has 1 aromatic carbocycles. The van der Waals surface area contributed by atoms with E-state index >= 15 is 0 Å². The molecule has 0 spiro atoms. The fourth-order valence-electron chi connectivity index (χ4n) is 1.48. The van der Waals surface area contributed by atoms with Crippen molar-refractivity contribution in [1.82, 2.24) is 0 Å². The Kier molecular flexibility index (Phi) is 5.45. The lowest BCUT2D eigenvalue weighted by Crippen LogP contribution is -2.61. The first-order valence-electron chi connectivity index (χ1n) is 6.03. The average molecular weight is 253 g/mol. The summed E-state index contributed by atoms with van der Waals surface area (Å²) < 4.78 is 11.0. The van der Waals surface area contributed by atoms with E-state index in [4.69, 9.17) is 9.47 Å². The van der Waals surface area contributed by atoms with Gasteiger partial charge in [-0.15, -0.1) is 0 Å². The Labute approximate surface area is 107 Å². The molecule has 5 heteroatoms. The Morgan fingerprint density at radius 3 is 2.61 bits per heavy atom. The summed E-state index contributed by atoms with van der Waals surface area (Å²) in [5, 5.41) is 10.8. The predicted molar refractivity (Wildman–Crippen MR) is 64.0 cm³/mol. The number of carbonyl (C=O) groups is 1. The first-order chi connectivity index (χ1) is 8.60. The van der Waals surface area contributed by atoms with Crippen LogP contribution in [0.4, 0.5) is 0 Å². The lowest BCUT2D eigenvalue weighted by Gasteiger charge is -2.15. The molecule has 100 valence electrons. The van der Waals surface area contributed by atoms with Crippen LogP contribution in [0.3, 0.4) is 0 Å². The van der Waals surface area contributed by atoms with Gasteiger partial charge in [0.2, 0.25) is 0 Å². The molecule has 3 N–H and O–H groups in total. The van der Waals surface area contributed by atoms with Crippen LogP contribution in [0.1, 0.15) is 31.9 Å². The third-order valence-corrected chi connectivity index (χ3v) is 2.42. The molecule has 0 aliphatic rings. The van der Waals surface area contributed by atoms with Gasteiger partial charge in [0.15, 0.2) is 17.5 Å². The lowest BCUT2D eigenvalue weighted by molar-refractivity contribution is -0.443. The Hall–Kier alpha value is -1.75. The van der Waals surface area contributed by atoms with Crippen molar-refractivity contribution in [3.05, 3.63) is 23.8 Å². The lowest BCUT2D eigenvalue weighted by atomic mass is 10.1. The fourth-order valence-corrected chi connectivity index (χ4v) is 1.48. The van der Waals surface area contributed by atoms with Crippen molar-refractivity contribution in [2.45, 2.75) is 26.3 Å². The molecule has 5 nitrogen and oxygen atoms in total. The Bertz CT molecular complexity index is 406. The van der Waals surface area contributed by atoms with Crippen molar-refractivity contribution in [1.29, 1.82) is 0 Å². The van der Waals surface area contributed by atoms with Crippen molar-refractivity contribution < 1.29 is 25.1 Å². The maximum absolute atomic E-state index is 10.8. The van der Waals surface area contributed by atoms with E-state index in [0.717, 1.165) is 6.42 Å². The third-order valence-electron chi connectivity index (χ3n) is 2.42. The van der Waals surface area contributed by atoms with E-state index in [2.05, 4.69) is 5.73 Å². The van der Waals surface area contributed by atoms with Crippen LogP contribution in [-0.2, 0) is 4.79 Å². The summed E-state index contributed by atoms with van der Waals surface area (Å²) in [5.74, 6) is -0.0500. The number of quaternary nitrogens is 1. The summed E-state index contributed by atoms with van der Waals surface area (Å²) in [6.07, 6.45) is 0.893. The van der Waals surface area contributed by atoms with Gasteiger partial charge < -0.3 is 25.1 Å². The van der Waals surface area contributed by atoms with Crippen LogP contribution < -0.4 is 20.3 Å². The number of carbonyl (C=O) groups excluding carboxylic acids is 1. The SMILES string of the molecule is CCCOc1ccc([C@@H]([NH3+])C(=O)[O-])cc1OCC. The molecule has 1 rings (SSSR count). The molecule has 0 saturated carbocycles. The zero-order valence-corrected chi connectivity index (χ0v) is 10.8. The summed E-state index contributed by atoms with van der Waals surface area (Å²) >= 11 is 0. The average Bonchev–Trinajstić information content (AvgIpc) is 2.36. The monoisotopic (exact) mass is 253 g/mol. The van der Waals surface area contributed by atoms with E-state index in [1.807, 2.05) is 13.8 Å². The van der Waals surface area contributed by atoms with E-state index in [1.54, 1.807) is 18.2 Å². The predicted octanol–water partition coefficient (Wildman–Crippen LogP) is -0.0930. The summed E-state index contributed by atoms with van der Waals surface area (Å²) in [6, 6.07) is 4.10. The highest BCUT2D eigenvalue weighted by Crippen LogP contribution is 2.30. The van der Waals surface area contributed by atoms with Gasteiger partial charge >= 0.3 is 0 Å². The van der Waals surface area contributed by atoms with E-state index in [0.29, 0.717) is 30.3 Å². The third kappa shape index (κ3) is 3.63. The number of hydrogen-bond donors (Lipinski definition) is 1. The van der Waals surface area contributed by atoms with Crippen molar-refractivity contribution in [2.75, 3.05) is 13.2 Å². The number of hydrogen-bond acceptors (Lipinski definition) is 4. The quantitative estimate of drug-likeness (QED) is 0.735. The highest BCUT2D eigenvalue weighted by Gasteiger charge is 2.14. The van der Waals surface area contributed by atoms with Gasteiger partial charge in [-0.05, 0) is 31.5 Å². The molecule has 1 atom stereocenters. The van der Waals surface area contributed by atoms with E-state index in [-0.39, 0.29) is 0 Å². The van der Waals surface area contributed by atoms with Crippen LogP contribution in [0.15, 0.2) is 18.2 Å². The number of carboxylic acid groups (broad SMARTS) is 1. The minimum absolute atomic E-state index is 0.485. The molecule has 0 amide bonds. The van der Waals surface area contributed by atoms with Crippen LogP contribution in [-0.4, -0.2) is 19.2 Å². The van der Waals surface area contributed by atoms with E-state index < -0.39 is 12.0 Å². The second-order valence-electron chi connectivity index (χ2n) is 3.86. The normalized spacial score (nSPS) is 11.9. The van der Waals surface area contributed by atoms with Crippen LogP contribution in [0.2, 0.25) is 0 Å². The van der Waals surface area contributed by atoms with E-state index in [1.165, 1.54) is 0 Å². The Balaban J connectivity index is 2.98. The minimum atomic E-state index is -1.21. The molecule has 0 aliphatic carbocycles. The standard InChI is InChI=1S/C13H19NO4/c1-3-7-18-10-6-5-9(12(14)13(15)16)8-11(10)17-4-2/h5-6,8,12H,3-4,7,14H2,1-2H3,(H,15,16)/t12-/m1/s1. The number of rotatable bonds is 7. The molecular weight excluding hydrogens is 234 g/mol. The number of carboxylic acids is 1. The number of aliphatic carboxylic acids is 1. The molecule has 1 aromatic rings. The van der Waals surface area contributed by atoms with Gasteiger partial charge in [-0.25, -0.2) is 0 Å². The molecular formula is C13H19NO4. The minimum Gasteiger partial charge on any atom is -0.544 e. The highest BCUT2D eigenvalue weighted by molar-refractivity contribution is 5.72. The second kappa shape index (κ2) is 6.86. The van der Waals surface area contributed by atoms with Crippen LogP contribution in [0.25, 0.3) is 0 Å². The van der Waals surface area contributed by atoms with Crippen molar-refractivity contribution >= 4 is 5.97 Å². The van der Waals surface area contributed by atoms with Crippen LogP contribution in [0.5, 0.6) is 11.5 Å². The van der Waals surface area contributed by atoms with E-state index in [9.17, 15) is 9.90 Å². The van der Waals surface area contributed by atoms with Gasteiger partial charge in [0.05, 0.1) is 13.2 Å². The van der Waals surface area contributed by atoms with Crippen LogP contribution >= 0.6 is 0 Å². The largest absolute Gasteiger partial charge is 0.544 e. The highest BCUT2D eigenvalue weighted by atomic mass is 16.5. The Morgan fingerprint density at radius 1 is 1.33 bits per heavy atom. The topological polar surface area (TPSA) is 86.2 Å². The molecule has 0 aromatic heterocycles. The summed E-state index contributed by atoms with van der Waals surface area (Å²) in [6.45, 7) is 4.94. The fraction of sp³-hybridized carbons (Fsp3) is 0.462. The molecule has 0 bridgehead atoms. The molecule has 18 heavy (non-hydrogen) atoms. The van der Waals surface area contributed by atoms with Gasteiger partial charge in [0, 0.05) is 5.56 Å². The first kappa shape index (κ1) is 14.3. The molecule has 0 radical (unpaired) electrons. The van der Waals surface area contributed by atoms with Crippen molar-refractivity contribution in [3.63, 3.8) is 0 Å². The maximum atomic E-state index is 10.8. The Morgan fingerprint density at radius 2 is 2.06 bits per heavy atom. The van der Waals surface area contributed by atoms with Gasteiger partial charge in [-0.1, -0.05) is 6.92 Å².